The Morgan fingerprint density at radius 3 is 2.39 bits per heavy atom. The second-order valence-electron chi connectivity index (χ2n) is 8.00. The third-order valence-corrected chi connectivity index (χ3v) is 5.35. The largest absolute Gasteiger partial charge is 0.503 e. The lowest BCUT2D eigenvalue weighted by molar-refractivity contribution is -0.118. The van der Waals surface area contributed by atoms with Gasteiger partial charge < -0.3 is 9.84 Å². The molecule has 0 bridgehead atoms. The molecule has 2 aromatic rings. The molecule has 1 amide bonds. The van der Waals surface area contributed by atoms with Gasteiger partial charge in [0.15, 0.2) is 11.5 Å². The quantitative estimate of drug-likeness (QED) is 0.663. The van der Waals surface area contributed by atoms with Crippen LogP contribution in [0.4, 0.5) is 5.69 Å². The smallest absolute Gasteiger partial charge is 0.337 e. The van der Waals surface area contributed by atoms with Crippen LogP contribution in [-0.4, -0.2) is 29.9 Å². The Balaban J connectivity index is 2.14. The number of benzene rings is 2. The second kappa shape index (κ2) is 9.16. The number of methoxy groups -OCH3 is 1. The molecule has 1 N–H and O–H groups in total. The van der Waals surface area contributed by atoms with Crippen LogP contribution in [0.25, 0.3) is 0 Å². The Bertz CT molecular complexity index is 1040. The van der Waals surface area contributed by atoms with Crippen molar-refractivity contribution < 1.29 is 24.2 Å². The van der Waals surface area contributed by atoms with Gasteiger partial charge in [-0.15, -0.1) is 0 Å². The van der Waals surface area contributed by atoms with Crippen molar-refractivity contribution in [3.8, 4) is 0 Å². The van der Waals surface area contributed by atoms with Gasteiger partial charge in [0.05, 0.1) is 24.3 Å². The van der Waals surface area contributed by atoms with Gasteiger partial charge in [0, 0.05) is 12.1 Å². The molecule has 1 atom stereocenters. The summed E-state index contributed by atoms with van der Waals surface area (Å²) in [6.45, 7) is 5.87. The van der Waals surface area contributed by atoms with Crippen molar-refractivity contribution in [2.75, 3.05) is 12.0 Å². The Hall–Kier alpha value is -3.41. The third kappa shape index (κ3) is 4.38. The standard InChI is InChI=1S/C25H27NO5/c1-5-16-9-11-17(12-10-16)22-21(20(27)13-15(2)3)23(28)24(29)26(22)19-8-6-7-18(14-19)25(30)31-4/h6-12,14-15,22,28H,5,13H2,1-4H3. The number of aliphatic hydroxyl groups excluding tert-OH is 1. The highest BCUT2D eigenvalue weighted by atomic mass is 16.5. The molecule has 0 saturated heterocycles. The maximum absolute atomic E-state index is 13.1. The number of carbonyl (C=O) groups excluding carboxylic acids is 3. The molecule has 6 heteroatoms. The number of ketones is 1. The van der Waals surface area contributed by atoms with E-state index in [-0.39, 0.29) is 29.3 Å². The average Bonchev–Trinajstić information content (AvgIpc) is 3.03. The van der Waals surface area contributed by atoms with E-state index in [0.29, 0.717) is 11.3 Å². The molecule has 2 aromatic carbocycles. The number of amides is 1. The fourth-order valence-corrected chi connectivity index (χ4v) is 3.79. The predicted molar refractivity (Wildman–Crippen MR) is 118 cm³/mol. The van der Waals surface area contributed by atoms with Crippen LogP contribution >= 0.6 is 0 Å². The maximum atomic E-state index is 13.1. The lowest BCUT2D eigenvalue weighted by Gasteiger charge is -2.27. The first-order valence-corrected chi connectivity index (χ1v) is 10.4. The Labute approximate surface area is 182 Å². The molecule has 3 rings (SSSR count). The van der Waals surface area contributed by atoms with E-state index in [1.54, 1.807) is 18.2 Å². The number of ether oxygens (including phenoxy) is 1. The molecule has 1 aliphatic heterocycles. The average molecular weight is 421 g/mol. The van der Waals surface area contributed by atoms with E-state index < -0.39 is 23.7 Å². The van der Waals surface area contributed by atoms with Gasteiger partial charge in [-0.2, -0.15) is 0 Å². The summed E-state index contributed by atoms with van der Waals surface area (Å²) in [6, 6.07) is 13.3. The molecule has 31 heavy (non-hydrogen) atoms. The number of aryl methyl sites for hydroxylation is 1. The summed E-state index contributed by atoms with van der Waals surface area (Å²) in [4.78, 5) is 39.5. The number of anilines is 1. The SMILES string of the molecule is CCc1ccc(C2C(C(=O)CC(C)C)=C(O)C(=O)N2c2cccc(C(=O)OC)c2)cc1. The molecule has 0 spiro atoms. The van der Waals surface area contributed by atoms with Crippen molar-refractivity contribution in [2.24, 2.45) is 5.92 Å². The molecule has 0 fully saturated rings. The van der Waals surface area contributed by atoms with Gasteiger partial charge >= 0.3 is 5.97 Å². The van der Waals surface area contributed by atoms with E-state index in [9.17, 15) is 19.5 Å². The first kappa shape index (κ1) is 22.3. The van der Waals surface area contributed by atoms with Crippen LogP contribution in [-0.2, 0) is 20.7 Å². The molecule has 0 aromatic heterocycles. The molecule has 0 saturated carbocycles. The summed E-state index contributed by atoms with van der Waals surface area (Å²) < 4.78 is 4.79. The molecule has 162 valence electrons. The summed E-state index contributed by atoms with van der Waals surface area (Å²) in [6.07, 6.45) is 1.07. The monoisotopic (exact) mass is 421 g/mol. The Morgan fingerprint density at radius 2 is 1.81 bits per heavy atom. The van der Waals surface area contributed by atoms with E-state index in [1.165, 1.54) is 18.1 Å². The van der Waals surface area contributed by atoms with Crippen LogP contribution in [0, 0.1) is 5.92 Å². The summed E-state index contributed by atoms with van der Waals surface area (Å²) in [7, 11) is 1.28. The minimum Gasteiger partial charge on any atom is -0.503 e. The van der Waals surface area contributed by atoms with Gasteiger partial charge in [0.25, 0.3) is 5.91 Å². The minimum atomic E-state index is -0.780. The maximum Gasteiger partial charge on any atom is 0.337 e. The van der Waals surface area contributed by atoms with Crippen molar-refractivity contribution in [3.63, 3.8) is 0 Å². The van der Waals surface area contributed by atoms with Crippen molar-refractivity contribution in [1.29, 1.82) is 0 Å². The molecular weight excluding hydrogens is 394 g/mol. The summed E-state index contributed by atoms with van der Waals surface area (Å²) in [5.74, 6) is -1.94. The Kier molecular flexibility index (Phi) is 6.59. The lowest BCUT2D eigenvalue weighted by atomic mass is 9.91. The fraction of sp³-hybridized carbons (Fsp3) is 0.320. The first-order valence-electron chi connectivity index (χ1n) is 10.4. The van der Waals surface area contributed by atoms with Crippen LogP contribution < -0.4 is 4.90 Å². The number of carbonyl (C=O) groups is 3. The number of aliphatic hydroxyl groups is 1. The molecule has 0 aliphatic carbocycles. The van der Waals surface area contributed by atoms with Crippen molar-refractivity contribution in [2.45, 2.75) is 39.7 Å². The lowest BCUT2D eigenvalue weighted by Crippen LogP contribution is -2.31. The minimum absolute atomic E-state index is 0.0720. The molecule has 0 radical (unpaired) electrons. The number of hydrogen-bond acceptors (Lipinski definition) is 5. The van der Waals surface area contributed by atoms with Crippen LogP contribution in [0.2, 0.25) is 0 Å². The van der Waals surface area contributed by atoms with Gasteiger partial charge in [-0.3, -0.25) is 14.5 Å². The molecule has 1 unspecified atom stereocenters. The zero-order valence-corrected chi connectivity index (χ0v) is 18.2. The van der Waals surface area contributed by atoms with Gasteiger partial charge in [-0.05, 0) is 41.7 Å². The van der Waals surface area contributed by atoms with E-state index in [2.05, 4.69) is 0 Å². The van der Waals surface area contributed by atoms with Crippen molar-refractivity contribution in [1.82, 2.24) is 0 Å². The molecule has 1 aliphatic rings. The number of hydrogen-bond donors (Lipinski definition) is 1. The van der Waals surface area contributed by atoms with E-state index in [0.717, 1.165) is 12.0 Å². The number of nitrogens with zero attached hydrogens (tertiary/aromatic N) is 1. The fourth-order valence-electron chi connectivity index (χ4n) is 3.79. The highest BCUT2D eigenvalue weighted by molar-refractivity contribution is 6.16. The van der Waals surface area contributed by atoms with Crippen LogP contribution in [0.1, 0.15) is 54.7 Å². The van der Waals surface area contributed by atoms with Gasteiger partial charge in [0.2, 0.25) is 0 Å². The third-order valence-electron chi connectivity index (χ3n) is 5.35. The highest BCUT2D eigenvalue weighted by Gasteiger charge is 2.44. The molecular formula is C25H27NO5. The summed E-state index contributed by atoms with van der Waals surface area (Å²) >= 11 is 0. The van der Waals surface area contributed by atoms with Crippen molar-refractivity contribution >= 4 is 23.3 Å². The highest BCUT2D eigenvalue weighted by Crippen LogP contribution is 2.42. The second-order valence-corrected chi connectivity index (χ2v) is 8.00. The Morgan fingerprint density at radius 1 is 1.13 bits per heavy atom. The summed E-state index contributed by atoms with van der Waals surface area (Å²) in [5, 5.41) is 10.7. The number of rotatable bonds is 7. The normalized spacial score (nSPS) is 16.2. The topological polar surface area (TPSA) is 83.9 Å². The van der Waals surface area contributed by atoms with Crippen LogP contribution in [0.5, 0.6) is 0 Å². The van der Waals surface area contributed by atoms with E-state index in [4.69, 9.17) is 4.74 Å². The van der Waals surface area contributed by atoms with Gasteiger partial charge in [-0.1, -0.05) is 51.1 Å². The van der Waals surface area contributed by atoms with Gasteiger partial charge in [-0.25, -0.2) is 4.79 Å². The van der Waals surface area contributed by atoms with E-state index >= 15 is 0 Å². The van der Waals surface area contributed by atoms with Crippen LogP contribution in [0.3, 0.4) is 0 Å². The zero-order chi connectivity index (χ0) is 22.7. The number of Topliss-reactive ketones (excluding diaryl/α,β-unsaturated/α-hetero) is 1. The van der Waals surface area contributed by atoms with Gasteiger partial charge in [0.1, 0.15) is 0 Å². The van der Waals surface area contributed by atoms with Crippen LogP contribution in [0.15, 0.2) is 59.9 Å². The van der Waals surface area contributed by atoms with Crippen molar-refractivity contribution in [3.05, 3.63) is 76.6 Å². The predicted octanol–water partition coefficient (Wildman–Crippen LogP) is 4.55. The molecule has 6 nitrogen and oxygen atoms in total. The van der Waals surface area contributed by atoms with E-state index in [1.807, 2.05) is 45.0 Å². The first-order chi connectivity index (χ1) is 14.8. The number of esters is 1. The zero-order valence-electron chi connectivity index (χ0n) is 18.2. The summed E-state index contributed by atoms with van der Waals surface area (Å²) in [5.41, 5.74) is 2.60. The molecule has 1 heterocycles.